The van der Waals surface area contributed by atoms with Gasteiger partial charge in [0.25, 0.3) is 5.91 Å². The van der Waals surface area contributed by atoms with Gasteiger partial charge in [-0.15, -0.1) is 0 Å². The number of amides is 2. The van der Waals surface area contributed by atoms with Gasteiger partial charge in [0.1, 0.15) is 18.2 Å². The zero-order chi connectivity index (χ0) is 23.0. The van der Waals surface area contributed by atoms with Crippen molar-refractivity contribution in [2.24, 2.45) is 0 Å². The molecule has 4 rings (SSSR count). The number of rotatable bonds is 3. The van der Waals surface area contributed by atoms with E-state index in [1.807, 2.05) is 24.3 Å². The molecule has 33 heavy (non-hydrogen) atoms. The lowest BCUT2D eigenvalue weighted by Crippen LogP contribution is -2.48. The predicted molar refractivity (Wildman–Crippen MR) is 125 cm³/mol. The molecule has 2 amide bonds. The first-order valence-corrected chi connectivity index (χ1v) is 11.4. The van der Waals surface area contributed by atoms with Crippen molar-refractivity contribution in [1.29, 1.82) is 0 Å². The van der Waals surface area contributed by atoms with Crippen LogP contribution >= 0.6 is 0 Å². The largest absolute Gasteiger partial charge is 0.489 e. The molecule has 0 atom stereocenters. The number of fused-ring (bicyclic) bond motifs is 2. The molecular formula is C24H31N5O4. The third kappa shape index (κ3) is 6.21. The van der Waals surface area contributed by atoms with Crippen molar-refractivity contribution in [3.8, 4) is 5.75 Å². The summed E-state index contributed by atoms with van der Waals surface area (Å²) in [6, 6.07) is 11.1. The summed E-state index contributed by atoms with van der Waals surface area (Å²) in [5.41, 5.74) is 1.09. The van der Waals surface area contributed by atoms with Crippen molar-refractivity contribution in [1.82, 2.24) is 20.1 Å². The van der Waals surface area contributed by atoms with Gasteiger partial charge in [-0.2, -0.15) is 0 Å². The quantitative estimate of drug-likeness (QED) is 0.733. The number of likely N-dealkylation sites (tertiary alicyclic amines) is 1. The molecule has 0 bridgehead atoms. The number of ether oxygens (including phenoxy) is 2. The van der Waals surface area contributed by atoms with Crippen molar-refractivity contribution < 1.29 is 19.1 Å². The summed E-state index contributed by atoms with van der Waals surface area (Å²) in [6.07, 6.45) is 3.45. The van der Waals surface area contributed by atoms with Gasteiger partial charge in [-0.3, -0.25) is 9.59 Å². The fourth-order valence-electron chi connectivity index (χ4n) is 4.01. The number of anilines is 2. The zero-order valence-corrected chi connectivity index (χ0v) is 19.0. The van der Waals surface area contributed by atoms with Crippen molar-refractivity contribution in [2.45, 2.75) is 18.9 Å². The molecule has 2 aliphatic heterocycles. The zero-order valence-electron chi connectivity index (χ0n) is 19.0. The highest BCUT2D eigenvalue weighted by Gasteiger charge is 2.25. The summed E-state index contributed by atoms with van der Waals surface area (Å²) in [7, 11) is 2.08. The van der Waals surface area contributed by atoms with Crippen LogP contribution in [-0.4, -0.2) is 85.7 Å². The lowest BCUT2D eigenvalue weighted by atomic mass is 10.1. The molecule has 1 fully saturated rings. The summed E-state index contributed by atoms with van der Waals surface area (Å²) in [4.78, 5) is 34.5. The van der Waals surface area contributed by atoms with E-state index >= 15 is 0 Å². The number of pyridine rings is 1. The lowest BCUT2D eigenvalue weighted by molar-refractivity contribution is -0.122. The van der Waals surface area contributed by atoms with E-state index in [0.29, 0.717) is 49.2 Å². The van der Waals surface area contributed by atoms with E-state index in [1.165, 1.54) is 4.90 Å². The number of hydrogen-bond donors (Lipinski definition) is 2. The Hall–Kier alpha value is -3.17. The summed E-state index contributed by atoms with van der Waals surface area (Å²) in [5.74, 6) is 0.637. The Labute approximate surface area is 194 Å². The van der Waals surface area contributed by atoms with Crippen LogP contribution in [0.4, 0.5) is 11.5 Å². The van der Waals surface area contributed by atoms with Crippen LogP contribution in [-0.2, 0) is 9.53 Å². The minimum Gasteiger partial charge on any atom is -0.489 e. The van der Waals surface area contributed by atoms with Gasteiger partial charge in [-0.1, -0.05) is 12.1 Å². The second-order valence-electron chi connectivity index (χ2n) is 8.35. The number of nitrogens with zero attached hydrogens (tertiary/aromatic N) is 3. The van der Waals surface area contributed by atoms with Gasteiger partial charge in [-0.25, -0.2) is 4.98 Å². The third-order valence-electron chi connectivity index (χ3n) is 5.87. The Bertz CT molecular complexity index is 961. The van der Waals surface area contributed by atoms with Gasteiger partial charge in [0.15, 0.2) is 0 Å². The highest BCUT2D eigenvalue weighted by atomic mass is 16.5. The summed E-state index contributed by atoms with van der Waals surface area (Å²) >= 11 is 0. The van der Waals surface area contributed by atoms with E-state index in [2.05, 4.69) is 27.6 Å². The predicted octanol–water partition coefficient (Wildman–Crippen LogP) is 1.89. The monoisotopic (exact) mass is 453 g/mol. The van der Waals surface area contributed by atoms with Crippen molar-refractivity contribution in [3.63, 3.8) is 0 Å². The van der Waals surface area contributed by atoms with E-state index in [-0.39, 0.29) is 24.4 Å². The Morgan fingerprint density at radius 1 is 1.12 bits per heavy atom. The molecule has 0 aliphatic carbocycles. The van der Waals surface area contributed by atoms with Crippen LogP contribution in [0.1, 0.15) is 23.2 Å². The molecule has 3 heterocycles. The SMILES string of the molecule is CN1CCC(NC(=O)CN2CCOCCOc3ccccc3Nc3ncccc3C2=O)CC1. The average molecular weight is 454 g/mol. The van der Waals surface area contributed by atoms with Crippen LogP contribution < -0.4 is 15.4 Å². The van der Waals surface area contributed by atoms with Crippen molar-refractivity contribution in [2.75, 3.05) is 58.4 Å². The topological polar surface area (TPSA) is 96.0 Å². The highest BCUT2D eigenvalue weighted by molar-refractivity contribution is 6.01. The maximum atomic E-state index is 13.5. The van der Waals surface area contributed by atoms with Crippen LogP contribution in [0.2, 0.25) is 0 Å². The minimum absolute atomic E-state index is 0.0318. The molecule has 176 valence electrons. The van der Waals surface area contributed by atoms with Gasteiger partial charge in [0.05, 0.1) is 31.0 Å². The molecule has 2 aliphatic rings. The molecule has 2 aromatic rings. The molecule has 0 radical (unpaired) electrons. The van der Waals surface area contributed by atoms with E-state index in [0.717, 1.165) is 25.9 Å². The van der Waals surface area contributed by atoms with Crippen molar-refractivity contribution >= 4 is 23.3 Å². The van der Waals surface area contributed by atoms with E-state index in [9.17, 15) is 9.59 Å². The Kier molecular flexibility index (Phi) is 7.74. The average Bonchev–Trinajstić information content (AvgIpc) is 2.83. The number of piperidine rings is 1. The molecule has 0 spiro atoms. The van der Waals surface area contributed by atoms with E-state index < -0.39 is 0 Å². The number of carbonyl (C=O) groups excluding carboxylic acids is 2. The normalized spacial score (nSPS) is 18.5. The molecular weight excluding hydrogens is 422 g/mol. The van der Waals surface area contributed by atoms with Gasteiger partial charge < -0.3 is 29.9 Å². The van der Waals surface area contributed by atoms with Gasteiger partial charge in [0, 0.05) is 18.8 Å². The van der Waals surface area contributed by atoms with Crippen LogP contribution in [0.3, 0.4) is 0 Å². The Balaban J connectivity index is 1.52. The molecule has 1 aromatic carbocycles. The Morgan fingerprint density at radius 2 is 1.94 bits per heavy atom. The maximum absolute atomic E-state index is 13.5. The second kappa shape index (κ2) is 11.1. The number of hydrogen-bond acceptors (Lipinski definition) is 7. The van der Waals surface area contributed by atoms with Gasteiger partial charge in [-0.05, 0) is 57.2 Å². The number of carbonyl (C=O) groups is 2. The maximum Gasteiger partial charge on any atom is 0.258 e. The molecule has 1 saturated heterocycles. The number of para-hydroxylation sites is 2. The summed E-state index contributed by atoms with van der Waals surface area (Å²) in [5, 5.41) is 6.31. The van der Waals surface area contributed by atoms with Crippen LogP contribution in [0.5, 0.6) is 5.75 Å². The van der Waals surface area contributed by atoms with Crippen molar-refractivity contribution in [3.05, 3.63) is 48.2 Å². The Morgan fingerprint density at radius 3 is 2.79 bits per heavy atom. The first kappa shape index (κ1) is 23.0. The number of benzene rings is 1. The van der Waals surface area contributed by atoms with Crippen LogP contribution in [0.15, 0.2) is 42.6 Å². The smallest absolute Gasteiger partial charge is 0.258 e. The summed E-state index contributed by atoms with van der Waals surface area (Å²) in [6.45, 7) is 3.23. The summed E-state index contributed by atoms with van der Waals surface area (Å²) < 4.78 is 11.5. The standard InChI is InChI=1S/C24H31N5O4/c1-28-11-8-18(9-12-28)26-22(30)17-29-13-14-32-15-16-33-21-7-3-2-6-20(21)27-23-19(24(29)31)5-4-10-25-23/h2-7,10,18H,8-9,11-17H2,1H3,(H,25,27)(H,26,30). The first-order chi connectivity index (χ1) is 16.1. The molecule has 9 heteroatoms. The lowest BCUT2D eigenvalue weighted by Gasteiger charge is -2.30. The fourth-order valence-corrected chi connectivity index (χ4v) is 4.01. The van der Waals surface area contributed by atoms with Crippen LogP contribution in [0, 0.1) is 0 Å². The molecule has 0 saturated carbocycles. The number of aromatic nitrogens is 1. The molecule has 9 nitrogen and oxygen atoms in total. The van der Waals surface area contributed by atoms with E-state index in [4.69, 9.17) is 9.47 Å². The second-order valence-corrected chi connectivity index (χ2v) is 8.35. The van der Waals surface area contributed by atoms with Gasteiger partial charge in [0.2, 0.25) is 5.91 Å². The molecule has 2 N–H and O–H groups in total. The highest BCUT2D eigenvalue weighted by Crippen LogP contribution is 2.28. The van der Waals surface area contributed by atoms with E-state index in [1.54, 1.807) is 18.3 Å². The number of nitrogens with one attached hydrogen (secondary N) is 2. The molecule has 0 unspecified atom stereocenters. The first-order valence-electron chi connectivity index (χ1n) is 11.4. The minimum atomic E-state index is -0.273. The third-order valence-corrected chi connectivity index (χ3v) is 5.87. The van der Waals surface area contributed by atoms with Gasteiger partial charge >= 0.3 is 0 Å². The molecule has 1 aromatic heterocycles. The van der Waals surface area contributed by atoms with Crippen LogP contribution in [0.25, 0.3) is 0 Å². The fraction of sp³-hybridized carbons (Fsp3) is 0.458.